The average Bonchev–Trinajstić information content (AvgIpc) is 2.90. The van der Waals surface area contributed by atoms with E-state index in [1.54, 1.807) is 0 Å². The fraction of sp³-hybridized carbons (Fsp3) is 0.692. The molecule has 1 aliphatic heterocycles. The zero-order valence-electron chi connectivity index (χ0n) is 12.3. The van der Waals surface area contributed by atoms with E-state index in [9.17, 15) is 4.79 Å². The van der Waals surface area contributed by atoms with Crippen molar-refractivity contribution in [2.24, 2.45) is 0 Å². The van der Waals surface area contributed by atoms with Crippen LogP contribution in [-0.2, 0) is 6.54 Å². The molecule has 1 aliphatic rings. The first kappa shape index (κ1) is 15.7. The lowest BCUT2D eigenvalue weighted by Crippen LogP contribution is -2.47. The number of rotatable bonds is 3. The molecule has 1 aromatic heterocycles. The summed E-state index contributed by atoms with van der Waals surface area (Å²) in [5.41, 5.74) is 0.434. The minimum absolute atomic E-state index is 0.0305. The molecule has 1 fully saturated rings. The zero-order chi connectivity index (χ0) is 14.3. The number of nitrogens with one attached hydrogen (secondary N) is 1. The Morgan fingerprint density at radius 2 is 2.00 bits per heavy atom. The average molecular weight is 268 g/mol. The molecule has 1 N–H and O–H groups in total. The number of aromatic nitrogens is 1. The second-order valence-electron chi connectivity index (χ2n) is 4.25. The molecule has 0 aliphatic carbocycles. The van der Waals surface area contributed by atoms with Gasteiger partial charge in [0.1, 0.15) is 0 Å². The monoisotopic (exact) mass is 268 g/mol. The lowest BCUT2D eigenvalue weighted by atomic mass is 10.2. The SMILES string of the molecule is CC.CNCc1ocnc1C(=O)N1CCN(C)CC1. The summed E-state index contributed by atoms with van der Waals surface area (Å²) in [7, 11) is 3.87. The van der Waals surface area contributed by atoms with Crippen LogP contribution in [0.15, 0.2) is 10.8 Å². The fourth-order valence-electron chi connectivity index (χ4n) is 1.89. The summed E-state index contributed by atoms with van der Waals surface area (Å²) >= 11 is 0. The molecule has 19 heavy (non-hydrogen) atoms. The molecule has 0 radical (unpaired) electrons. The van der Waals surface area contributed by atoms with Crippen molar-refractivity contribution in [1.82, 2.24) is 20.1 Å². The molecular weight excluding hydrogens is 244 g/mol. The number of oxazole rings is 1. The van der Waals surface area contributed by atoms with Gasteiger partial charge in [0.15, 0.2) is 17.8 Å². The van der Waals surface area contributed by atoms with Crippen LogP contribution in [0.5, 0.6) is 0 Å². The number of carbonyl (C=O) groups excluding carboxylic acids is 1. The Kier molecular flexibility index (Phi) is 6.52. The van der Waals surface area contributed by atoms with Crippen LogP contribution in [0.25, 0.3) is 0 Å². The molecule has 0 spiro atoms. The summed E-state index contributed by atoms with van der Waals surface area (Å²) in [6.45, 7) is 7.84. The van der Waals surface area contributed by atoms with Crippen molar-refractivity contribution in [1.29, 1.82) is 0 Å². The van der Waals surface area contributed by atoms with Crippen LogP contribution in [-0.4, -0.2) is 61.0 Å². The largest absolute Gasteiger partial charge is 0.446 e. The Morgan fingerprint density at radius 3 is 2.58 bits per heavy atom. The molecule has 1 amide bonds. The van der Waals surface area contributed by atoms with Crippen molar-refractivity contribution < 1.29 is 9.21 Å². The van der Waals surface area contributed by atoms with Crippen molar-refractivity contribution in [2.75, 3.05) is 40.3 Å². The van der Waals surface area contributed by atoms with Gasteiger partial charge in [-0.3, -0.25) is 4.79 Å². The third kappa shape index (κ3) is 4.04. The van der Waals surface area contributed by atoms with Gasteiger partial charge in [-0.25, -0.2) is 4.98 Å². The van der Waals surface area contributed by atoms with Gasteiger partial charge in [0.05, 0.1) is 6.54 Å². The predicted molar refractivity (Wildman–Crippen MR) is 74.0 cm³/mol. The van der Waals surface area contributed by atoms with Gasteiger partial charge in [0.25, 0.3) is 5.91 Å². The molecule has 0 saturated carbocycles. The lowest BCUT2D eigenvalue weighted by molar-refractivity contribution is 0.0656. The maximum absolute atomic E-state index is 12.2. The van der Waals surface area contributed by atoms with E-state index in [-0.39, 0.29) is 5.91 Å². The highest BCUT2D eigenvalue weighted by molar-refractivity contribution is 5.93. The van der Waals surface area contributed by atoms with Gasteiger partial charge in [0, 0.05) is 26.2 Å². The second kappa shape index (κ2) is 7.91. The summed E-state index contributed by atoms with van der Waals surface area (Å²) < 4.78 is 5.21. The summed E-state index contributed by atoms with van der Waals surface area (Å²) in [5.74, 6) is 0.577. The number of piperazine rings is 1. The molecule has 2 rings (SSSR count). The maximum atomic E-state index is 12.2. The third-order valence-electron chi connectivity index (χ3n) is 2.97. The normalized spacial score (nSPS) is 15.9. The topological polar surface area (TPSA) is 61.6 Å². The first-order valence-corrected chi connectivity index (χ1v) is 6.77. The molecule has 108 valence electrons. The minimum Gasteiger partial charge on any atom is -0.446 e. The summed E-state index contributed by atoms with van der Waals surface area (Å²) in [6, 6.07) is 0. The van der Waals surface area contributed by atoms with E-state index in [1.807, 2.05) is 25.8 Å². The van der Waals surface area contributed by atoms with E-state index in [2.05, 4.69) is 22.2 Å². The Morgan fingerprint density at radius 1 is 1.37 bits per heavy atom. The van der Waals surface area contributed by atoms with Crippen LogP contribution < -0.4 is 5.32 Å². The van der Waals surface area contributed by atoms with Crippen molar-refractivity contribution in [3.05, 3.63) is 17.8 Å². The van der Waals surface area contributed by atoms with E-state index in [1.165, 1.54) is 6.39 Å². The Bertz CT molecular complexity index is 384. The number of amides is 1. The standard InChI is InChI=1S/C11H18N4O2.C2H6/c1-12-7-9-10(13-8-17-9)11(16)15-5-3-14(2)4-6-15;1-2/h8,12H,3-7H2,1-2H3;1-2H3. The van der Waals surface area contributed by atoms with Crippen LogP contribution in [0.2, 0.25) is 0 Å². The predicted octanol–water partition coefficient (Wildman–Crippen LogP) is 0.808. The van der Waals surface area contributed by atoms with Crippen LogP contribution in [0, 0.1) is 0 Å². The van der Waals surface area contributed by atoms with Crippen LogP contribution >= 0.6 is 0 Å². The molecule has 6 nitrogen and oxygen atoms in total. The quantitative estimate of drug-likeness (QED) is 0.879. The molecular formula is C13H24N4O2. The van der Waals surface area contributed by atoms with Crippen molar-refractivity contribution in [3.8, 4) is 0 Å². The Balaban J connectivity index is 0.000000861. The van der Waals surface area contributed by atoms with Gasteiger partial charge in [-0.2, -0.15) is 0 Å². The molecule has 2 heterocycles. The van der Waals surface area contributed by atoms with Gasteiger partial charge in [-0.1, -0.05) is 13.8 Å². The van der Waals surface area contributed by atoms with Gasteiger partial charge < -0.3 is 19.5 Å². The first-order valence-electron chi connectivity index (χ1n) is 6.77. The second-order valence-corrected chi connectivity index (χ2v) is 4.25. The van der Waals surface area contributed by atoms with Gasteiger partial charge >= 0.3 is 0 Å². The van der Waals surface area contributed by atoms with Crippen LogP contribution in [0.3, 0.4) is 0 Å². The number of nitrogens with zero attached hydrogens (tertiary/aromatic N) is 3. The first-order chi connectivity index (χ1) is 9.22. The minimum atomic E-state index is -0.0305. The molecule has 1 saturated heterocycles. The van der Waals surface area contributed by atoms with Gasteiger partial charge in [-0.15, -0.1) is 0 Å². The molecule has 0 unspecified atom stereocenters. The number of carbonyl (C=O) groups is 1. The molecule has 0 aromatic carbocycles. The number of hydrogen-bond acceptors (Lipinski definition) is 5. The van der Waals surface area contributed by atoms with Crippen molar-refractivity contribution >= 4 is 5.91 Å². The number of likely N-dealkylation sites (N-methyl/N-ethyl adjacent to an activating group) is 1. The molecule has 6 heteroatoms. The summed E-state index contributed by atoms with van der Waals surface area (Å²) in [4.78, 5) is 20.3. The van der Waals surface area contributed by atoms with Crippen molar-refractivity contribution in [3.63, 3.8) is 0 Å². The zero-order valence-corrected chi connectivity index (χ0v) is 12.3. The van der Waals surface area contributed by atoms with E-state index in [0.29, 0.717) is 18.0 Å². The highest BCUT2D eigenvalue weighted by atomic mass is 16.3. The molecule has 1 aromatic rings. The highest BCUT2D eigenvalue weighted by Gasteiger charge is 2.24. The highest BCUT2D eigenvalue weighted by Crippen LogP contribution is 2.11. The van der Waals surface area contributed by atoms with E-state index in [0.717, 1.165) is 26.2 Å². The van der Waals surface area contributed by atoms with Gasteiger partial charge in [-0.05, 0) is 14.1 Å². The fourth-order valence-corrected chi connectivity index (χ4v) is 1.89. The number of hydrogen-bond donors (Lipinski definition) is 1. The molecule has 0 bridgehead atoms. The van der Waals surface area contributed by atoms with Crippen LogP contribution in [0.4, 0.5) is 0 Å². The Hall–Kier alpha value is -1.40. The summed E-state index contributed by atoms with van der Waals surface area (Å²) in [6.07, 6.45) is 1.33. The Labute approximate surface area is 114 Å². The molecule has 0 atom stereocenters. The smallest absolute Gasteiger partial charge is 0.276 e. The summed E-state index contributed by atoms with van der Waals surface area (Å²) in [5, 5.41) is 2.96. The van der Waals surface area contributed by atoms with E-state index >= 15 is 0 Å². The maximum Gasteiger partial charge on any atom is 0.276 e. The van der Waals surface area contributed by atoms with Gasteiger partial charge in [0.2, 0.25) is 0 Å². The third-order valence-corrected chi connectivity index (χ3v) is 2.97. The van der Waals surface area contributed by atoms with E-state index in [4.69, 9.17) is 4.42 Å². The lowest BCUT2D eigenvalue weighted by Gasteiger charge is -2.32. The van der Waals surface area contributed by atoms with E-state index < -0.39 is 0 Å². The van der Waals surface area contributed by atoms with Crippen molar-refractivity contribution in [2.45, 2.75) is 20.4 Å². The van der Waals surface area contributed by atoms with Crippen LogP contribution in [0.1, 0.15) is 30.1 Å².